The Labute approximate surface area is 177 Å². The molecule has 0 aromatic heterocycles. The number of esters is 1. The van der Waals surface area contributed by atoms with E-state index in [0.717, 1.165) is 12.0 Å². The van der Waals surface area contributed by atoms with Gasteiger partial charge in [-0.05, 0) is 59.1 Å². The van der Waals surface area contributed by atoms with Gasteiger partial charge in [0.1, 0.15) is 5.82 Å². The number of halogens is 2. The number of hydrogen-bond donors (Lipinski definition) is 1. The van der Waals surface area contributed by atoms with E-state index >= 15 is 0 Å². The van der Waals surface area contributed by atoms with Crippen molar-refractivity contribution in [2.75, 3.05) is 20.3 Å². The minimum absolute atomic E-state index is 0.219. The van der Waals surface area contributed by atoms with Crippen molar-refractivity contribution in [2.24, 2.45) is 0 Å². The highest BCUT2D eigenvalue weighted by Gasteiger charge is 2.18. The Morgan fingerprint density at radius 3 is 2.52 bits per heavy atom. The maximum absolute atomic E-state index is 13.0. The summed E-state index contributed by atoms with van der Waals surface area (Å²) in [5.41, 5.74) is 0.958. The molecule has 6 nitrogen and oxygen atoms in total. The third-order valence-electron chi connectivity index (χ3n) is 4.00. The fourth-order valence-corrected chi connectivity index (χ4v) is 3.07. The standard InChI is InChI=1S/C21H23BrFNO5/c1-4-9-28-20-17(22)10-15(11-18(20)27-3)21(26)29-12-19(25)24-13(2)14-5-7-16(23)8-6-14/h5-8,10-11,13H,4,9,12H2,1-3H3,(H,24,25). The van der Waals surface area contributed by atoms with Crippen LogP contribution in [0.5, 0.6) is 11.5 Å². The Hall–Kier alpha value is -2.61. The van der Waals surface area contributed by atoms with Crippen LogP contribution in [0.3, 0.4) is 0 Å². The van der Waals surface area contributed by atoms with Gasteiger partial charge in [0.2, 0.25) is 0 Å². The molecule has 0 saturated carbocycles. The Morgan fingerprint density at radius 2 is 1.90 bits per heavy atom. The molecule has 1 unspecified atom stereocenters. The second-order valence-electron chi connectivity index (χ2n) is 6.25. The van der Waals surface area contributed by atoms with Gasteiger partial charge in [-0.3, -0.25) is 4.79 Å². The Kier molecular flexibility index (Phi) is 8.45. The number of carbonyl (C=O) groups excluding carboxylic acids is 2. The van der Waals surface area contributed by atoms with E-state index in [-0.39, 0.29) is 17.4 Å². The Bertz CT molecular complexity index is 857. The lowest BCUT2D eigenvalue weighted by Gasteiger charge is -2.15. The molecular formula is C21H23BrFNO5. The molecular weight excluding hydrogens is 445 g/mol. The molecule has 2 aromatic rings. The number of rotatable bonds is 9. The zero-order valence-electron chi connectivity index (χ0n) is 16.5. The predicted molar refractivity (Wildman–Crippen MR) is 110 cm³/mol. The zero-order chi connectivity index (χ0) is 21.4. The van der Waals surface area contributed by atoms with Crippen LogP contribution in [-0.2, 0) is 9.53 Å². The molecule has 0 aliphatic rings. The van der Waals surface area contributed by atoms with Gasteiger partial charge in [0, 0.05) is 0 Å². The highest BCUT2D eigenvalue weighted by molar-refractivity contribution is 9.10. The molecule has 0 radical (unpaired) electrons. The quantitative estimate of drug-likeness (QED) is 0.552. The van der Waals surface area contributed by atoms with E-state index in [1.807, 2.05) is 6.92 Å². The van der Waals surface area contributed by atoms with Crippen molar-refractivity contribution in [3.8, 4) is 11.5 Å². The van der Waals surface area contributed by atoms with Crippen molar-refractivity contribution in [2.45, 2.75) is 26.3 Å². The lowest BCUT2D eigenvalue weighted by Crippen LogP contribution is -2.31. The fraction of sp³-hybridized carbons (Fsp3) is 0.333. The molecule has 1 amide bonds. The van der Waals surface area contributed by atoms with Crippen LogP contribution in [-0.4, -0.2) is 32.2 Å². The van der Waals surface area contributed by atoms with Gasteiger partial charge < -0.3 is 19.5 Å². The van der Waals surface area contributed by atoms with Crippen molar-refractivity contribution in [1.82, 2.24) is 5.32 Å². The van der Waals surface area contributed by atoms with Crippen molar-refractivity contribution in [1.29, 1.82) is 0 Å². The van der Waals surface area contributed by atoms with E-state index in [2.05, 4.69) is 21.2 Å². The second-order valence-corrected chi connectivity index (χ2v) is 7.11. The smallest absolute Gasteiger partial charge is 0.338 e. The van der Waals surface area contributed by atoms with Crippen LogP contribution in [0.4, 0.5) is 4.39 Å². The largest absolute Gasteiger partial charge is 0.493 e. The average Bonchev–Trinajstić information content (AvgIpc) is 2.70. The molecule has 156 valence electrons. The third kappa shape index (κ3) is 6.45. The lowest BCUT2D eigenvalue weighted by molar-refractivity contribution is -0.124. The number of amides is 1. The van der Waals surface area contributed by atoms with Crippen LogP contribution < -0.4 is 14.8 Å². The first-order chi connectivity index (χ1) is 13.8. The molecule has 1 atom stereocenters. The molecule has 0 spiro atoms. The monoisotopic (exact) mass is 467 g/mol. The van der Waals surface area contributed by atoms with Gasteiger partial charge in [-0.2, -0.15) is 0 Å². The Balaban J connectivity index is 1.96. The summed E-state index contributed by atoms with van der Waals surface area (Å²) in [6, 6.07) is 8.49. The van der Waals surface area contributed by atoms with Crippen LogP contribution in [0.2, 0.25) is 0 Å². The number of nitrogens with one attached hydrogen (secondary N) is 1. The van der Waals surface area contributed by atoms with Crippen LogP contribution in [0.25, 0.3) is 0 Å². The lowest BCUT2D eigenvalue weighted by atomic mass is 10.1. The van der Waals surface area contributed by atoms with E-state index in [9.17, 15) is 14.0 Å². The molecule has 1 N–H and O–H groups in total. The van der Waals surface area contributed by atoms with Gasteiger partial charge in [0.25, 0.3) is 5.91 Å². The van der Waals surface area contributed by atoms with Gasteiger partial charge in [0.05, 0.1) is 29.8 Å². The van der Waals surface area contributed by atoms with Crippen molar-refractivity contribution in [3.05, 3.63) is 57.8 Å². The summed E-state index contributed by atoms with van der Waals surface area (Å²) in [6.07, 6.45) is 0.824. The van der Waals surface area contributed by atoms with Crippen LogP contribution >= 0.6 is 15.9 Å². The first-order valence-corrected chi connectivity index (χ1v) is 9.87. The van der Waals surface area contributed by atoms with Crippen molar-refractivity contribution >= 4 is 27.8 Å². The summed E-state index contributed by atoms with van der Waals surface area (Å²) in [6.45, 7) is 3.79. The van der Waals surface area contributed by atoms with Gasteiger partial charge in [-0.1, -0.05) is 19.1 Å². The fourth-order valence-electron chi connectivity index (χ4n) is 2.51. The van der Waals surface area contributed by atoms with E-state index in [4.69, 9.17) is 14.2 Å². The molecule has 0 heterocycles. The van der Waals surface area contributed by atoms with E-state index < -0.39 is 18.5 Å². The normalized spacial score (nSPS) is 11.5. The number of hydrogen-bond acceptors (Lipinski definition) is 5. The minimum Gasteiger partial charge on any atom is -0.493 e. The van der Waals surface area contributed by atoms with Gasteiger partial charge >= 0.3 is 5.97 Å². The number of methoxy groups -OCH3 is 1. The highest BCUT2D eigenvalue weighted by Crippen LogP contribution is 2.37. The minimum atomic E-state index is -0.671. The van der Waals surface area contributed by atoms with E-state index in [1.54, 1.807) is 25.1 Å². The molecule has 8 heteroatoms. The SMILES string of the molecule is CCCOc1c(Br)cc(C(=O)OCC(=O)NC(C)c2ccc(F)cc2)cc1OC. The number of ether oxygens (including phenoxy) is 3. The third-order valence-corrected chi connectivity index (χ3v) is 4.59. The molecule has 0 aliphatic carbocycles. The summed E-state index contributed by atoms with van der Waals surface area (Å²) in [4.78, 5) is 24.4. The molecule has 29 heavy (non-hydrogen) atoms. The van der Waals surface area contributed by atoms with Crippen LogP contribution in [0.1, 0.15) is 42.2 Å². The summed E-state index contributed by atoms with van der Waals surface area (Å²) in [5.74, 6) is -0.612. The first-order valence-electron chi connectivity index (χ1n) is 9.08. The maximum Gasteiger partial charge on any atom is 0.338 e. The molecule has 0 aliphatic heterocycles. The molecule has 2 aromatic carbocycles. The summed E-state index contributed by atoms with van der Waals surface area (Å²) in [5, 5.41) is 2.70. The number of carbonyl (C=O) groups is 2. The van der Waals surface area contributed by atoms with Gasteiger partial charge in [-0.25, -0.2) is 9.18 Å². The maximum atomic E-state index is 13.0. The highest BCUT2D eigenvalue weighted by atomic mass is 79.9. The summed E-state index contributed by atoms with van der Waals surface area (Å²) in [7, 11) is 1.47. The summed E-state index contributed by atoms with van der Waals surface area (Å²) >= 11 is 3.36. The average molecular weight is 468 g/mol. The molecule has 0 bridgehead atoms. The van der Waals surface area contributed by atoms with E-state index in [0.29, 0.717) is 22.6 Å². The molecule has 0 saturated heterocycles. The summed E-state index contributed by atoms with van der Waals surface area (Å²) < 4.78 is 29.5. The predicted octanol–water partition coefficient (Wildman–Crippen LogP) is 4.42. The Morgan fingerprint density at radius 1 is 1.21 bits per heavy atom. The van der Waals surface area contributed by atoms with Crippen molar-refractivity contribution < 1.29 is 28.2 Å². The second kappa shape index (κ2) is 10.8. The van der Waals surface area contributed by atoms with Crippen LogP contribution in [0.15, 0.2) is 40.9 Å². The first kappa shape index (κ1) is 22.7. The topological polar surface area (TPSA) is 73.9 Å². The van der Waals surface area contributed by atoms with Gasteiger partial charge in [0.15, 0.2) is 18.1 Å². The zero-order valence-corrected chi connectivity index (χ0v) is 18.0. The molecule has 0 fully saturated rings. The van der Waals surface area contributed by atoms with E-state index in [1.165, 1.54) is 25.3 Å². The van der Waals surface area contributed by atoms with Crippen LogP contribution in [0, 0.1) is 5.82 Å². The number of benzene rings is 2. The van der Waals surface area contributed by atoms with Gasteiger partial charge in [-0.15, -0.1) is 0 Å². The molecule has 2 rings (SSSR count). The van der Waals surface area contributed by atoms with Crippen molar-refractivity contribution in [3.63, 3.8) is 0 Å².